The van der Waals surface area contributed by atoms with Crippen molar-refractivity contribution in [2.45, 2.75) is 13.0 Å². The largest absolute Gasteiger partial charge is 0.353 e. The van der Waals surface area contributed by atoms with Crippen LogP contribution in [0.3, 0.4) is 0 Å². The Kier molecular flexibility index (Phi) is 5.87. The summed E-state index contributed by atoms with van der Waals surface area (Å²) >= 11 is 0. The number of nitrogens with one attached hydrogen (secondary N) is 1. The van der Waals surface area contributed by atoms with Gasteiger partial charge in [0.15, 0.2) is 0 Å². The lowest BCUT2D eigenvalue weighted by Crippen LogP contribution is -2.49. The van der Waals surface area contributed by atoms with Crippen molar-refractivity contribution < 1.29 is 9.18 Å². The number of hydrogen-bond donors (Lipinski definition) is 1. The lowest BCUT2D eigenvalue weighted by atomic mass is 10.1. The number of nitrogens with zero attached hydrogens (tertiary/aromatic N) is 5. The van der Waals surface area contributed by atoms with Crippen LogP contribution in [-0.4, -0.2) is 56.5 Å². The molecule has 1 fully saturated rings. The van der Waals surface area contributed by atoms with E-state index < -0.39 is 11.2 Å². The fourth-order valence-corrected chi connectivity index (χ4v) is 3.48. The highest BCUT2D eigenvalue weighted by Crippen LogP contribution is 2.22. The summed E-state index contributed by atoms with van der Waals surface area (Å²) in [6, 6.07) is 9.24. The minimum absolute atomic E-state index is 0.0487. The fourth-order valence-electron chi connectivity index (χ4n) is 3.48. The van der Waals surface area contributed by atoms with Gasteiger partial charge in [-0.05, 0) is 24.3 Å². The van der Waals surface area contributed by atoms with Gasteiger partial charge >= 0.3 is 5.69 Å². The van der Waals surface area contributed by atoms with Gasteiger partial charge in [-0.1, -0.05) is 0 Å². The average molecular weight is 424 g/mol. The molecule has 3 heterocycles. The summed E-state index contributed by atoms with van der Waals surface area (Å²) in [5.41, 5.74) is 0.521. The summed E-state index contributed by atoms with van der Waals surface area (Å²) < 4.78 is 14.5. The van der Waals surface area contributed by atoms with Crippen molar-refractivity contribution >= 4 is 11.7 Å². The van der Waals surface area contributed by atoms with Crippen molar-refractivity contribution in [3.8, 4) is 11.3 Å². The van der Waals surface area contributed by atoms with Gasteiger partial charge in [0.2, 0.25) is 5.91 Å². The van der Waals surface area contributed by atoms with Crippen molar-refractivity contribution in [1.82, 2.24) is 24.4 Å². The van der Waals surface area contributed by atoms with E-state index in [2.05, 4.69) is 19.9 Å². The molecule has 0 radical (unpaired) electrons. The highest BCUT2D eigenvalue weighted by molar-refractivity contribution is 5.76. The maximum absolute atomic E-state index is 13.2. The molecule has 1 saturated heterocycles. The summed E-state index contributed by atoms with van der Waals surface area (Å²) in [6.45, 7) is 2.51. The standard InChI is InChI=1S/C21H21FN6O3/c22-16-3-1-15(2-4-16)17-13-18(24-14-23-17)26-9-11-27(12-10-26)20(30)6-8-28-7-5-19(29)25-21(28)31/h1-5,7,13-14H,6,8-12H2,(H,25,29,31). The molecule has 3 aromatic rings. The zero-order chi connectivity index (χ0) is 21.8. The van der Waals surface area contributed by atoms with E-state index in [-0.39, 0.29) is 24.7 Å². The molecule has 9 nitrogen and oxygen atoms in total. The Bertz CT molecular complexity index is 1180. The molecule has 31 heavy (non-hydrogen) atoms. The smallest absolute Gasteiger partial charge is 0.328 e. The first kappa shape index (κ1) is 20.5. The van der Waals surface area contributed by atoms with E-state index in [0.717, 1.165) is 11.4 Å². The predicted molar refractivity (Wildman–Crippen MR) is 112 cm³/mol. The molecule has 160 valence electrons. The Balaban J connectivity index is 1.34. The second kappa shape index (κ2) is 8.90. The van der Waals surface area contributed by atoms with Gasteiger partial charge in [-0.2, -0.15) is 0 Å². The normalized spacial score (nSPS) is 14.0. The van der Waals surface area contributed by atoms with Gasteiger partial charge < -0.3 is 14.4 Å². The van der Waals surface area contributed by atoms with Crippen molar-refractivity contribution in [1.29, 1.82) is 0 Å². The first-order valence-electron chi connectivity index (χ1n) is 9.90. The van der Waals surface area contributed by atoms with E-state index in [9.17, 15) is 18.8 Å². The third-order valence-electron chi connectivity index (χ3n) is 5.21. The average Bonchev–Trinajstić information content (AvgIpc) is 2.79. The molecule has 0 atom stereocenters. The van der Waals surface area contributed by atoms with Crippen LogP contribution in [0, 0.1) is 5.82 Å². The molecule has 1 aliphatic heterocycles. The Labute approximate surface area is 176 Å². The highest BCUT2D eigenvalue weighted by Gasteiger charge is 2.22. The van der Waals surface area contributed by atoms with Crippen molar-refractivity contribution in [3.63, 3.8) is 0 Å². The molecule has 4 rings (SSSR count). The van der Waals surface area contributed by atoms with Crippen LogP contribution in [0.25, 0.3) is 11.3 Å². The Hall–Kier alpha value is -3.82. The Morgan fingerprint density at radius 2 is 1.77 bits per heavy atom. The second-order valence-corrected chi connectivity index (χ2v) is 7.19. The third-order valence-corrected chi connectivity index (χ3v) is 5.21. The first-order chi connectivity index (χ1) is 15.0. The van der Waals surface area contributed by atoms with E-state index in [1.807, 2.05) is 6.07 Å². The molecule has 0 spiro atoms. The topological polar surface area (TPSA) is 104 Å². The molecule has 10 heteroatoms. The number of hydrogen-bond acceptors (Lipinski definition) is 6. The third kappa shape index (κ3) is 4.85. The van der Waals surface area contributed by atoms with Crippen LogP contribution in [0.15, 0.2) is 58.5 Å². The van der Waals surface area contributed by atoms with Crippen LogP contribution >= 0.6 is 0 Å². The second-order valence-electron chi connectivity index (χ2n) is 7.19. The molecule has 1 amide bonds. The molecular formula is C21H21FN6O3. The lowest BCUT2D eigenvalue weighted by Gasteiger charge is -2.35. The number of aryl methyl sites for hydroxylation is 1. The summed E-state index contributed by atoms with van der Waals surface area (Å²) in [7, 11) is 0. The van der Waals surface area contributed by atoms with Crippen LogP contribution in [0.4, 0.5) is 10.2 Å². The van der Waals surface area contributed by atoms with Gasteiger partial charge in [0.25, 0.3) is 5.56 Å². The maximum Gasteiger partial charge on any atom is 0.328 e. The monoisotopic (exact) mass is 424 g/mol. The van der Waals surface area contributed by atoms with Crippen molar-refractivity contribution in [3.05, 3.63) is 75.6 Å². The fraction of sp³-hybridized carbons (Fsp3) is 0.286. The number of H-pyrrole nitrogens is 1. The van der Waals surface area contributed by atoms with Gasteiger partial charge in [-0.3, -0.25) is 14.6 Å². The van der Waals surface area contributed by atoms with E-state index >= 15 is 0 Å². The van der Waals surface area contributed by atoms with Crippen molar-refractivity contribution in [2.75, 3.05) is 31.1 Å². The number of rotatable bonds is 5. The molecular weight excluding hydrogens is 403 g/mol. The number of benzene rings is 1. The van der Waals surface area contributed by atoms with Crippen LogP contribution in [0.1, 0.15) is 6.42 Å². The minimum atomic E-state index is -0.522. The van der Waals surface area contributed by atoms with E-state index in [1.54, 1.807) is 17.0 Å². The lowest BCUT2D eigenvalue weighted by molar-refractivity contribution is -0.131. The van der Waals surface area contributed by atoms with E-state index in [4.69, 9.17) is 0 Å². The number of aromatic nitrogens is 4. The summed E-state index contributed by atoms with van der Waals surface area (Å²) in [5, 5.41) is 0. The summed E-state index contributed by atoms with van der Waals surface area (Å²) in [6.07, 6.45) is 3.04. The number of amides is 1. The number of halogens is 1. The molecule has 1 N–H and O–H groups in total. The molecule has 0 bridgehead atoms. The van der Waals surface area contributed by atoms with Gasteiger partial charge in [0, 0.05) is 63.0 Å². The van der Waals surface area contributed by atoms with Gasteiger partial charge in [-0.25, -0.2) is 19.2 Å². The zero-order valence-corrected chi connectivity index (χ0v) is 16.7. The van der Waals surface area contributed by atoms with E-state index in [1.165, 1.54) is 35.3 Å². The summed E-state index contributed by atoms with van der Waals surface area (Å²) in [5.74, 6) is 0.401. The molecule has 0 saturated carbocycles. The van der Waals surface area contributed by atoms with Crippen LogP contribution in [0.2, 0.25) is 0 Å². The number of piperazine rings is 1. The van der Waals surface area contributed by atoms with Gasteiger partial charge in [0.05, 0.1) is 5.69 Å². The van der Waals surface area contributed by atoms with Gasteiger partial charge in [-0.15, -0.1) is 0 Å². The minimum Gasteiger partial charge on any atom is -0.353 e. The molecule has 0 unspecified atom stereocenters. The van der Waals surface area contributed by atoms with E-state index in [0.29, 0.717) is 31.9 Å². The SMILES string of the molecule is O=C(CCn1ccc(=O)[nH]c1=O)N1CCN(c2cc(-c3ccc(F)cc3)ncn2)CC1. The molecule has 2 aromatic heterocycles. The number of anilines is 1. The van der Waals surface area contributed by atoms with Crippen LogP contribution in [-0.2, 0) is 11.3 Å². The van der Waals surface area contributed by atoms with Gasteiger partial charge in [0.1, 0.15) is 18.0 Å². The predicted octanol–water partition coefficient (Wildman–Crippen LogP) is 0.872. The molecule has 1 aliphatic rings. The number of carbonyl (C=O) groups is 1. The molecule has 0 aliphatic carbocycles. The van der Waals surface area contributed by atoms with Crippen LogP contribution < -0.4 is 16.1 Å². The van der Waals surface area contributed by atoms with Crippen LogP contribution in [0.5, 0.6) is 0 Å². The Morgan fingerprint density at radius 1 is 1.03 bits per heavy atom. The summed E-state index contributed by atoms with van der Waals surface area (Å²) in [4.78, 5) is 50.0. The number of carbonyl (C=O) groups excluding carboxylic acids is 1. The Morgan fingerprint density at radius 3 is 2.48 bits per heavy atom. The quantitative estimate of drug-likeness (QED) is 0.652. The number of aromatic amines is 1. The maximum atomic E-state index is 13.2. The van der Waals surface area contributed by atoms with Crippen molar-refractivity contribution in [2.24, 2.45) is 0 Å². The molecule has 1 aromatic carbocycles. The highest BCUT2D eigenvalue weighted by atomic mass is 19.1. The first-order valence-corrected chi connectivity index (χ1v) is 9.90. The zero-order valence-electron chi connectivity index (χ0n) is 16.7.